The van der Waals surface area contributed by atoms with Crippen molar-refractivity contribution in [3.63, 3.8) is 0 Å². The number of nitrogens with two attached hydrogens (primary N) is 1. The highest BCUT2D eigenvalue weighted by Gasteiger charge is 2.35. The van der Waals surface area contributed by atoms with Crippen LogP contribution in [0.4, 0.5) is 0 Å². The Hall–Kier alpha value is -2.44. The molecule has 1 amide bonds. The van der Waals surface area contributed by atoms with Crippen LogP contribution in [0.25, 0.3) is 10.8 Å². The van der Waals surface area contributed by atoms with Crippen LogP contribution in [0.15, 0.2) is 52.3 Å². The summed E-state index contributed by atoms with van der Waals surface area (Å²) in [5.74, 6) is 2.32. The summed E-state index contributed by atoms with van der Waals surface area (Å²) in [5, 5.41) is 2.75. The molecule has 0 aliphatic carbocycles. The molecule has 2 N–H and O–H groups in total. The van der Waals surface area contributed by atoms with Crippen molar-refractivity contribution < 1.29 is 9.21 Å². The Labute approximate surface area is 162 Å². The fraction of sp³-hybridized carbons (Fsp3) is 0.333. The van der Waals surface area contributed by atoms with Gasteiger partial charge in [-0.25, -0.2) is 4.98 Å². The molecule has 1 saturated heterocycles. The molecule has 1 aromatic carbocycles. The monoisotopic (exact) mass is 381 g/mol. The molecular weight excluding hydrogens is 358 g/mol. The van der Waals surface area contributed by atoms with Gasteiger partial charge in [0.05, 0.1) is 12.1 Å². The fourth-order valence-corrected chi connectivity index (χ4v) is 4.49. The van der Waals surface area contributed by atoms with Gasteiger partial charge in [-0.05, 0) is 37.1 Å². The molecule has 4 rings (SSSR count). The van der Waals surface area contributed by atoms with E-state index in [9.17, 15) is 4.79 Å². The number of aromatic nitrogens is 1. The van der Waals surface area contributed by atoms with Crippen molar-refractivity contribution in [2.24, 2.45) is 11.7 Å². The zero-order valence-corrected chi connectivity index (χ0v) is 16.1. The summed E-state index contributed by atoms with van der Waals surface area (Å²) in [6, 6.07) is 14.2. The van der Waals surface area contributed by atoms with Crippen LogP contribution in [0.5, 0.6) is 0 Å². The zero-order valence-electron chi connectivity index (χ0n) is 15.3. The quantitative estimate of drug-likeness (QED) is 0.735. The Balaban J connectivity index is 1.44. The molecule has 0 bridgehead atoms. The number of carbonyl (C=O) groups is 1. The molecule has 27 heavy (non-hydrogen) atoms. The molecule has 0 saturated carbocycles. The maximum atomic E-state index is 12.8. The number of rotatable bonds is 5. The molecule has 5 nitrogen and oxygen atoms in total. The number of thiazole rings is 1. The normalized spacial score (nSPS) is 19.6. The molecule has 1 fully saturated rings. The summed E-state index contributed by atoms with van der Waals surface area (Å²) in [4.78, 5) is 19.3. The third kappa shape index (κ3) is 3.82. The van der Waals surface area contributed by atoms with Crippen molar-refractivity contribution in [2.75, 3.05) is 19.6 Å². The Bertz CT molecular complexity index is 918. The molecule has 0 spiro atoms. The Morgan fingerprint density at radius 3 is 2.78 bits per heavy atom. The van der Waals surface area contributed by atoms with E-state index < -0.39 is 0 Å². The highest BCUT2D eigenvalue weighted by Crippen LogP contribution is 2.32. The van der Waals surface area contributed by atoms with Gasteiger partial charge in [0, 0.05) is 24.4 Å². The first-order valence-corrected chi connectivity index (χ1v) is 10.1. The van der Waals surface area contributed by atoms with Crippen LogP contribution in [0.1, 0.15) is 22.9 Å². The molecule has 3 heterocycles. The first-order chi connectivity index (χ1) is 13.1. The van der Waals surface area contributed by atoms with E-state index in [0.717, 1.165) is 28.8 Å². The van der Waals surface area contributed by atoms with Crippen molar-refractivity contribution in [3.05, 3.63) is 64.9 Å². The Morgan fingerprint density at radius 2 is 2.07 bits per heavy atom. The van der Waals surface area contributed by atoms with E-state index in [4.69, 9.17) is 10.2 Å². The fourth-order valence-electron chi connectivity index (χ4n) is 3.71. The van der Waals surface area contributed by atoms with Crippen LogP contribution in [-0.4, -0.2) is 35.4 Å². The maximum Gasteiger partial charge on any atom is 0.228 e. The van der Waals surface area contributed by atoms with Crippen LogP contribution >= 0.6 is 11.3 Å². The van der Waals surface area contributed by atoms with E-state index >= 15 is 0 Å². The van der Waals surface area contributed by atoms with Crippen molar-refractivity contribution in [1.82, 2.24) is 9.88 Å². The van der Waals surface area contributed by atoms with E-state index in [1.54, 1.807) is 0 Å². The van der Waals surface area contributed by atoms with Gasteiger partial charge in [0.1, 0.15) is 5.76 Å². The molecule has 140 valence electrons. The molecule has 1 aliphatic heterocycles. The lowest BCUT2D eigenvalue weighted by molar-refractivity contribution is -0.129. The van der Waals surface area contributed by atoms with E-state index in [-0.39, 0.29) is 5.91 Å². The van der Waals surface area contributed by atoms with Crippen molar-refractivity contribution in [1.29, 1.82) is 0 Å². The van der Waals surface area contributed by atoms with Crippen molar-refractivity contribution >= 4 is 17.2 Å². The van der Waals surface area contributed by atoms with Crippen molar-refractivity contribution in [3.8, 4) is 10.8 Å². The number of amides is 1. The SMILES string of the molecule is Cc1ccc(-c2nc(CC(=O)N3C[C@@H](CN)[C@H](c4ccccc4)C3)cs2)o1. The number of aryl methyl sites for hydroxylation is 1. The summed E-state index contributed by atoms with van der Waals surface area (Å²) in [5.41, 5.74) is 8.04. The molecule has 6 heteroatoms. The topological polar surface area (TPSA) is 72.4 Å². The lowest BCUT2D eigenvalue weighted by Crippen LogP contribution is -2.31. The predicted octanol–water partition coefficient (Wildman–Crippen LogP) is 3.45. The van der Waals surface area contributed by atoms with Gasteiger partial charge in [0.25, 0.3) is 0 Å². The highest BCUT2D eigenvalue weighted by molar-refractivity contribution is 7.13. The molecule has 3 aromatic rings. The number of hydrogen-bond acceptors (Lipinski definition) is 5. The first kappa shape index (κ1) is 17.9. The summed E-state index contributed by atoms with van der Waals surface area (Å²) >= 11 is 1.51. The average molecular weight is 382 g/mol. The Kier molecular flexibility index (Phi) is 5.09. The second-order valence-electron chi connectivity index (χ2n) is 7.04. The minimum Gasteiger partial charge on any atom is -0.459 e. The van der Waals surface area contributed by atoms with Crippen molar-refractivity contribution in [2.45, 2.75) is 19.3 Å². The van der Waals surface area contributed by atoms with Crippen LogP contribution < -0.4 is 5.73 Å². The van der Waals surface area contributed by atoms with Gasteiger partial charge in [0.15, 0.2) is 10.8 Å². The van der Waals surface area contributed by atoms with Crippen LogP contribution in [0, 0.1) is 12.8 Å². The van der Waals surface area contributed by atoms with Crippen LogP contribution in [0.3, 0.4) is 0 Å². The number of nitrogens with zero attached hydrogens (tertiary/aromatic N) is 2. The number of furan rings is 1. The Morgan fingerprint density at radius 1 is 1.26 bits per heavy atom. The molecule has 2 aromatic heterocycles. The van der Waals surface area contributed by atoms with E-state index in [1.165, 1.54) is 16.9 Å². The van der Waals surface area contributed by atoms with Crippen LogP contribution in [-0.2, 0) is 11.2 Å². The van der Waals surface area contributed by atoms with E-state index in [0.29, 0.717) is 31.3 Å². The number of likely N-dealkylation sites (tertiary alicyclic amines) is 1. The number of benzene rings is 1. The first-order valence-electron chi connectivity index (χ1n) is 9.18. The second-order valence-corrected chi connectivity index (χ2v) is 7.90. The molecular formula is C21H23N3O2S. The van der Waals surface area contributed by atoms with Gasteiger partial charge >= 0.3 is 0 Å². The molecule has 2 atom stereocenters. The van der Waals surface area contributed by atoms with E-state index in [1.807, 2.05) is 47.5 Å². The van der Waals surface area contributed by atoms with Gasteiger partial charge < -0.3 is 15.1 Å². The van der Waals surface area contributed by atoms with Crippen LogP contribution in [0.2, 0.25) is 0 Å². The summed E-state index contributed by atoms with van der Waals surface area (Å²) < 4.78 is 5.62. The van der Waals surface area contributed by atoms with Gasteiger partial charge in [-0.2, -0.15) is 0 Å². The standard InChI is InChI=1S/C21H23N3O2S/c1-14-7-8-19(26-14)21-23-17(13-27-21)9-20(25)24-11-16(10-22)18(12-24)15-5-3-2-4-6-15/h2-8,13,16,18H,9-12,22H2,1H3/t16-,18+/m1/s1. The highest BCUT2D eigenvalue weighted by atomic mass is 32.1. The average Bonchev–Trinajstić information content (AvgIpc) is 3.41. The summed E-state index contributed by atoms with van der Waals surface area (Å²) in [7, 11) is 0. The minimum absolute atomic E-state index is 0.111. The lowest BCUT2D eigenvalue weighted by atomic mass is 9.89. The third-order valence-electron chi connectivity index (χ3n) is 5.16. The number of hydrogen-bond donors (Lipinski definition) is 1. The van der Waals surface area contributed by atoms with Gasteiger partial charge in [-0.15, -0.1) is 11.3 Å². The molecule has 0 radical (unpaired) electrons. The predicted molar refractivity (Wildman–Crippen MR) is 107 cm³/mol. The zero-order chi connectivity index (χ0) is 18.8. The second kappa shape index (κ2) is 7.66. The number of carbonyl (C=O) groups excluding carboxylic acids is 1. The minimum atomic E-state index is 0.111. The summed E-state index contributed by atoms with van der Waals surface area (Å²) in [6.45, 7) is 3.93. The molecule has 1 aliphatic rings. The lowest BCUT2D eigenvalue weighted by Gasteiger charge is -2.16. The largest absolute Gasteiger partial charge is 0.459 e. The maximum absolute atomic E-state index is 12.8. The van der Waals surface area contributed by atoms with Gasteiger partial charge in [-0.3, -0.25) is 4.79 Å². The summed E-state index contributed by atoms with van der Waals surface area (Å²) in [6.07, 6.45) is 0.314. The molecule has 0 unspecified atom stereocenters. The third-order valence-corrected chi connectivity index (χ3v) is 6.07. The van der Waals surface area contributed by atoms with Gasteiger partial charge in [-0.1, -0.05) is 30.3 Å². The smallest absolute Gasteiger partial charge is 0.228 e. The van der Waals surface area contributed by atoms with Gasteiger partial charge in [0.2, 0.25) is 5.91 Å². The van der Waals surface area contributed by atoms with E-state index in [2.05, 4.69) is 17.1 Å².